The third-order valence-electron chi connectivity index (χ3n) is 2.94. The van der Waals surface area contributed by atoms with E-state index in [2.05, 4.69) is 17.2 Å². The van der Waals surface area contributed by atoms with Crippen LogP contribution in [0.2, 0.25) is 0 Å². The maximum Gasteiger partial charge on any atom is 0.255 e. The quantitative estimate of drug-likeness (QED) is 0.777. The number of ether oxygens (including phenoxy) is 2. The van der Waals surface area contributed by atoms with Gasteiger partial charge < -0.3 is 20.5 Å². The maximum absolute atomic E-state index is 12.1. The van der Waals surface area contributed by atoms with Crippen LogP contribution >= 0.6 is 0 Å². The van der Waals surface area contributed by atoms with Crippen LogP contribution in [0.4, 0.5) is 5.69 Å². The highest BCUT2D eigenvalue weighted by Crippen LogP contribution is 2.17. The van der Waals surface area contributed by atoms with Crippen molar-refractivity contribution in [1.29, 1.82) is 0 Å². The highest BCUT2D eigenvalue weighted by Gasteiger charge is 2.23. The van der Waals surface area contributed by atoms with E-state index in [-0.39, 0.29) is 12.5 Å². The van der Waals surface area contributed by atoms with E-state index in [1.54, 1.807) is 0 Å². The summed E-state index contributed by atoms with van der Waals surface area (Å²) in [5.41, 5.74) is 7.86. The van der Waals surface area contributed by atoms with Gasteiger partial charge in [-0.2, -0.15) is 0 Å². The smallest absolute Gasteiger partial charge is 0.255 e. The number of nitrogens with one attached hydrogen (secondary N) is 1. The van der Waals surface area contributed by atoms with Crippen molar-refractivity contribution in [2.45, 2.75) is 13.0 Å². The summed E-state index contributed by atoms with van der Waals surface area (Å²) in [5.74, 6) is 5.53. The Bertz CT molecular complexity index is 540. The van der Waals surface area contributed by atoms with Crippen molar-refractivity contribution < 1.29 is 14.3 Å². The number of carbonyl (C=O) groups is 1. The number of benzene rings is 1. The first kappa shape index (κ1) is 14.5. The average molecular weight is 274 g/mol. The van der Waals surface area contributed by atoms with Crippen molar-refractivity contribution >= 4 is 11.6 Å². The summed E-state index contributed by atoms with van der Waals surface area (Å²) in [6, 6.07) is 5.64. The minimum absolute atomic E-state index is 0.197. The lowest BCUT2D eigenvalue weighted by molar-refractivity contribution is -0.142. The predicted molar refractivity (Wildman–Crippen MR) is 76.3 cm³/mol. The molecule has 5 heteroatoms. The van der Waals surface area contributed by atoms with Gasteiger partial charge in [-0.15, -0.1) is 0 Å². The van der Waals surface area contributed by atoms with Crippen LogP contribution in [0.25, 0.3) is 0 Å². The second-order valence-corrected chi connectivity index (χ2v) is 4.46. The molecule has 0 aromatic heterocycles. The van der Waals surface area contributed by atoms with Gasteiger partial charge in [0.25, 0.3) is 5.91 Å². The molecule has 1 aromatic rings. The van der Waals surface area contributed by atoms with Gasteiger partial charge in [-0.05, 0) is 24.6 Å². The van der Waals surface area contributed by atoms with E-state index in [4.69, 9.17) is 15.2 Å². The number of hydrogen-bond donors (Lipinski definition) is 2. The molecular weight excluding hydrogens is 256 g/mol. The molecule has 0 saturated carbocycles. The van der Waals surface area contributed by atoms with Crippen molar-refractivity contribution in [3.05, 3.63) is 29.3 Å². The molecule has 1 aliphatic heterocycles. The van der Waals surface area contributed by atoms with Crippen LogP contribution in [0.3, 0.4) is 0 Å². The Kier molecular flexibility index (Phi) is 5.13. The van der Waals surface area contributed by atoms with Gasteiger partial charge in [0.2, 0.25) is 0 Å². The molecule has 0 spiro atoms. The monoisotopic (exact) mass is 274 g/mol. The zero-order chi connectivity index (χ0) is 14.4. The molecule has 1 saturated heterocycles. The summed E-state index contributed by atoms with van der Waals surface area (Å²) in [6.07, 6.45) is -0.554. The normalized spacial score (nSPS) is 18.0. The molecule has 0 bridgehead atoms. The Morgan fingerprint density at radius 3 is 3.05 bits per heavy atom. The SMILES string of the molecule is Cc1ccc(C#CCN)cc1NC(=O)C1COCCO1. The summed E-state index contributed by atoms with van der Waals surface area (Å²) < 4.78 is 10.6. The lowest BCUT2D eigenvalue weighted by Gasteiger charge is -2.22. The van der Waals surface area contributed by atoms with Gasteiger partial charge in [0, 0.05) is 11.3 Å². The Morgan fingerprint density at radius 2 is 2.35 bits per heavy atom. The molecule has 5 nitrogen and oxygen atoms in total. The van der Waals surface area contributed by atoms with E-state index in [0.29, 0.717) is 19.8 Å². The van der Waals surface area contributed by atoms with E-state index >= 15 is 0 Å². The number of carbonyl (C=O) groups excluding carboxylic acids is 1. The largest absolute Gasteiger partial charge is 0.376 e. The van der Waals surface area contributed by atoms with Crippen LogP contribution in [0.5, 0.6) is 0 Å². The summed E-state index contributed by atoms with van der Waals surface area (Å²) in [6.45, 7) is 3.50. The van der Waals surface area contributed by atoms with Gasteiger partial charge in [-0.1, -0.05) is 17.9 Å². The van der Waals surface area contributed by atoms with Crippen molar-refractivity contribution in [2.24, 2.45) is 5.73 Å². The van der Waals surface area contributed by atoms with Crippen LogP contribution in [0.15, 0.2) is 18.2 Å². The van der Waals surface area contributed by atoms with E-state index in [1.165, 1.54) is 0 Å². The van der Waals surface area contributed by atoms with Crippen molar-refractivity contribution in [3.63, 3.8) is 0 Å². The van der Waals surface area contributed by atoms with Crippen molar-refractivity contribution in [2.75, 3.05) is 31.7 Å². The number of rotatable bonds is 2. The highest BCUT2D eigenvalue weighted by molar-refractivity contribution is 5.95. The van der Waals surface area contributed by atoms with Crippen LogP contribution in [-0.2, 0) is 14.3 Å². The van der Waals surface area contributed by atoms with Gasteiger partial charge in [0.15, 0.2) is 6.10 Å². The van der Waals surface area contributed by atoms with Gasteiger partial charge in [0.1, 0.15) is 0 Å². The van der Waals surface area contributed by atoms with Gasteiger partial charge >= 0.3 is 0 Å². The van der Waals surface area contributed by atoms with Crippen LogP contribution in [-0.4, -0.2) is 38.4 Å². The molecule has 1 amide bonds. The van der Waals surface area contributed by atoms with Crippen LogP contribution in [0, 0.1) is 18.8 Å². The third-order valence-corrected chi connectivity index (χ3v) is 2.94. The molecule has 2 rings (SSSR count). The zero-order valence-electron chi connectivity index (χ0n) is 11.4. The second-order valence-electron chi connectivity index (χ2n) is 4.46. The standard InChI is InChI=1S/C15H18N2O3/c1-11-4-5-12(3-2-6-16)9-13(11)17-15(18)14-10-19-7-8-20-14/h4-5,9,14H,6-8,10,16H2,1H3,(H,17,18). The lowest BCUT2D eigenvalue weighted by Crippen LogP contribution is -2.39. The topological polar surface area (TPSA) is 73.6 Å². The minimum Gasteiger partial charge on any atom is -0.376 e. The van der Waals surface area contributed by atoms with E-state index in [0.717, 1.165) is 16.8 Å². The predicted octanol–water partition coefficient (Wildman–Crippen LogP) is 0.659. The third kappa shape index (κ3) is 3.81. The summed E-state index contributed by atoms with van der Waals surface area (Å²) in [5, 5.41) is 2.85. The highest BCUT2D eigenvalue weighted by atomic mass is 16.6. The Balaban J connectivity index is 2.09. The first-order valence-electron chi connectivity index (χ1n) is 6.50. The molecule has 20 heavy (non-hydrogen) atoms. The Morgan fingerprint density at radius 1 is 1.50 bits per heavy atom. The first-order chi connectivity index (χ1) is 9.70. The lowest BCUT2D eigenvalue weighted by atomic mass is 10.1. The Labute approximate surface area is 118 Å². The molecule has 3 N–H and O–H groups in total. The molecule has 0 aliphatic carbocycles. The van der Waals surface area contributed by atoms with Gasteiger partial charge in [-0.3, -0.25) is 4.79 Å². The summed E-state index contributed by atoms with van der Waals surface area (Å²) in [4.78, 5) is 12.1. The second kappa shape index (κ2) is 7.06. The molecule has 1 unspecified atom stereocenters. The number of aryl methyl sites for hydroxylation is 1. The fourth-order valence-electron chi connectivity index (χ4n) is 1.84. The zero-order valence-corrected chi connectivity index (χ0v) is 11.4. The van der Waals surface area contributed by atoms with Crippen LogP contribution < -0.4 is 11.1 Å². The number of nitrogens with two attached hydrogens (primary N) is 1. The van der Waals surface area contributed by atoms with E-state index in [1.807, 2.05) is 25.1 Å². The fraction of sp³-hybridized carbons (Fsp3) is 0.400. The van der Waals surface area contributed by atoms with Crippen LogP contribution in [0.1, 0.15) is 11.1 Å². The summed E-state index contributed by atoms with van der Waals surface area (Å²) in [7, 11) is 0. The fourth-order valence-corrected chi connectivity index (χ4v) is 1.84. The van der Waals surface area contributed by atoms with Crippen molar-refractivity contribution in [1.82, 2.24) is 0 Å². The molecule has 1 heterocycles. The Hall–Kier alpha value is -1.87. The van der Waals surface area contributed by atoms with Gasteiger partial charge in [-0.25, -0.2) is 0 Å². The maximum atomic E-state index is 12.1. The average Bonchev–Trinajstić information content (AvgIpc) is 2.49. The molecule has 1 fully saturated rings. The van der Waals surface area contributed by atoms with Crippen molar-refractivity contribution in [3.8, 4) is 11.8 Å². The molecule has 1 atom stereocenters. The number of anilines is 1. The molecule has 106 valence electrons. The molecule has 1 aliphatic rings. The van der Waals surface area contributed by atoms with E-state index < -0.39 is 6.10 Å². The van der Waals surface area contributed by atoms with E-state index in [9.17, 15) is 4.79 Å². The molecular formula is C15H18N2O3. The molecule has 0 radical (unpaired) electrons. The number of hydrogen-bond acceptors (Lipinski definition) is 4. The minimum atomic E-state index is -0.554. The summed E-state index contributed by atoms with van der Waals surface area (Å²) >= 11 is 0. The molecule has 1 aromatic carbocycles. The van der Waals surface area contributed by atoms with Gasteiger partial charge in [0.05, 0.1) is 26.4 Å². The number of amides is 1. The first-order valence-corrected chi connectivity index (χ1v) is 6.50.